The van der Waals surface area contributed by atoms with Crippen LogP contribution >= 0.6 is 38.9 Å². The lowest BCUT2D eigenvalue weighted by molar-refractivity contribution is 0.516. The molecule has 74 valence electrons. The predicted octanol–water partition coefficient (Wildman–Crippen LogP) is 5.27. The maximum Gasteiger partial charge on any atom is 0.0931 e. The van der Waals surface area contributed by atoms with Gasteiger partial charge in [-0.25, -0.2) is 0 Å². The summed E-state index contributed by atoms with van der Waals surface area (Å²) >= 11 is 11.2. The fourth-order valence-corrected chi connectivity index (χ4v) is 3.26. The third kappa shape index (κ3) is 3.61. The minimum atomic E-state index is 0.472. The van der Waals surface area contributed by atoms with Crippen molar-refractivity contribution in [1.82, 2.24) is 0 Å². The van der Waals surface area contributed by atoms with E-state index in [1.807, 2.05) is 6.07 Å². The fraction of sp³-hybridized carbons (Fsp3) is 0.600. The Hall–Kier alpha value is 0.470. The van der Waals surface area contributed by atoms with Crippen LogP contribution in [0, 0.1) is 5.92 Å². The minimum Gasteiger partial charge on any atom is -0.127 e. The smallest absolute Gasteiger partial charge is 0.0931 e. The topological polar surface area (TPSA) is 0 Å². The molecule has 3 heteroatoms. The second kappa shape index (κ2) is 5.38. The van der Waals surface area contributed by atoms with Gasteiger partial charge in [-0.2, -0.15) is 0 Å². The summed E-state index contributed by atoms with van der Waals surface area (Å²) in [6, 6.07) is 4.07. The Morgan fingerprint density at radius 1 is 1.54 bits per heavy atom. The summed E-state index contributed by atoms with van der Waals surface area (Å²) in [6.45, 7) is 4.51. The van der Waals surface area contributed by atoms with E-state index in [9.17, 15) is 0 Å². The first-order chi connectivity index (χ1) is 6.13. The van der Waals surface area contributed by atoms with Crippen molar-refractivity contribution >= 4 is 38.9 Å². The summed E-state index contributed by atoms with van der Waals surface area (Å²) < 4.78 is 0.878. The molecule has 0 radical (unpaired) electrons. The Bertz CT molecular complexity index is 259. The van der Waals surface area contributed by atoms with Gasteiger partial charge in [-0.05, 0) is 24.5 Å². The molecule has 1 aromatic rings. The van der Waals surface area contributed by atoms with E-state index in [1.54, 1.807) is 11.3 Å². The van der Waals surface area contributed by atoms with Crippen molar-refractivity contribution in [3.8, 4) is 0 Å². The molecule has 1 rings (SSSR count). The maximum atomic E-state index is 5.87. The molecule has 1 heterocycles. The highest BCUT2D eigenvalue weighted by Crippen LogP contribution is 2.36. The molecule has 0 bridgehead atoms. The standard InChI is InChI=1S/C10H14BrClS/c1-3-7(2)6-8(11)9-4-5-10(12)13-9/h4-5,7-8H,3,6H2,1-2H3. The summed E-state index contributed by atoms with van der Waals surface area (Å²) in [4.78, 5) is 1.81. The molecule has 0 N–H and O–H groups in total. The molecule has 1 aromatic heterocycles. The van der Waals surface area contributed by atoms with Crippen molar-refractivity contribution in [3.05, 3.63) is 21.3 Å². The predicted molar refractivity (Wildman–Crippen MR) is 65.1 cm³/mol. The van der Waals surface area contributed by atoms with Gasteiger partial charge in [0.1, 0.15) is 0 Å². The van der Waals surface area contributed by atoms with Crippen LogP contribution in [0.1, 0.15) is 36.4 Å². The van der Waals surface area contributed by atoms with Crippen LogP contribution in [0.15, 0.2) is 12.1 Å². The Morgan fingerprint density at radius 2 is 2.23 bits per heavy atom. The van der Waals surface area contributed by atoms with Gasteiger partial charge in [0.25, 0.3) is 0 Å². The van der Waals surface area contributed by atoms with E-state index in [0.29, 0.717) is 4.83 Å². The lowest BCUT2D eigenvalue weighted by Crippen LogP contribution is -1.96. The molecule has 0 nitrogen and oxygen atoms in total. The van der Waals surface area contributed by atoms with Crippen LogP contribution in [-0.2, 0) is 0 Å². The molecule has 0 spiro atoms. The largest absolute Gasteiger partial charge is 0.127 e. The molecular formula is C10H14BrClS. The molecule has 0 aromatic carbocycles. The van der Waals surface area contributed by atoms with Gasteiger partial charge in [0.2, 0.25) is 0 Å². The van der Waals surface area contributed by atoms with Crippen molar-refractivity contribution in [2.24, 2.45) is 5.92 Å². The van der Waals surface area contributed by atoms with Gasteiger partial charge in [0.15, 0.2) is 0 Å². The maximum absolute atomic E-state index is 5.87. The van der Waals surface area contributed by atoms with Gasteiger partial charge >= 0.3 is 0 Å². The van der Waals surface area contributed by atoms with Gasteiger partial charge in [0, 0.05) is 9.70 Å². The lowest BCUT2D eigenvalue weighted by Gasteiger charge is -2.12. The van der Waals surface area contributed by atoms with Crippen LogP contribution in [0.25, 0.3) is 0 Å². The van der Waals surface area contributed by atoms with Gasteiger partial charge in [-0.3, -0.25) is 0 Å². The summed E-state index contributed by atoms with van der Waals surface area (Å²) in [5.74, 6) is 0.769. The monoisotopic (exact) mass is 280 g/mol. The first-order valence-corrected chi connectivity index (χ1v) is 6.63. The molecule has 0 saturated carbocycles. The number of hydrogen-bond acceptors (Lipinski definition) is 1. The quantitative estimate of drug-likeness (QED) is 0.659. The van der Waals surface area contributed by atoms with Crippen LogP contribution in [0.3, 0.4) is 0 Å². The van der Waals surface area contributed by atoms with E-state index in [-0.39, 0.29) is 0 Å². The van der Waals surface area contributed by atoms with Crippen LogP contribution in [0.4, 0.5) is 0 Å². The van der Waals surface area contributed by atoms with Crippen molar-refractivity contribution in [1.29, 1.82) is 0 Å². The zero-order chi connectivity index (χ0) is 9.84. The molecule has 0 amide bonds. The molecule has 0 aliphatic heterocycles. The number of thiophene rings is 1. The van der Waals surface area contributed by atoms with Crippen LogP contribution in [0.5, 0.6) is 0 Å². The summed E-state index contributed by atoms with van der Waals surface area (Å²) in [5.41, 5.74) is 0. The summed E-state index contributed by atoms with van der Waals surface area (Å²) in [7, 11) is 0. The van der Waals surface area contributed by atoms with Crippen LogP contribution < -0.4 is 0 Å². The molecule has 0 saturated heterocycles. The highest BCUT2D eigenvalue weighted by Gasteiger charge is 2.12. The van der Waals surface area contributed by atoms with Crippen LogP contribution in [0.2, 0.25) is 4.34 Å². The van der Waals surface area contributed by atoms with Crippen molar-refractivity contribution in [2.45, 2.75) is 31.5 Å². The van der Waals surface area contributed by atoms with E-state index >= 15 is 0 Å². The molecular weight excluding hydrogens is 268 g/mol. The zero-order valence-electron chi connectivity index (χ0n) is 7.89. The Balaban J connectivity index is 2.53. The molecule has 0 aliphatic carbocycles. The summed E-state index contributed by atoms with van der Waals surface area (Å²) in [5, 5.41) is 0. The number of halogens is 2. The highest BCUT2D eigenvalue weighted by molar-refractivity contribution is 9.09. The van der Waals surface area contributed by atoms with Gasteiger partial charge in [0.05, 0.1) is 4.34 Å². The van der Waals surface area contributed by atoms with Gasteiger partial charge in [-0.15, -0.1) is 11.3 Å². The van der Waals surface area contributed by atoms with Crippen molar-refractivity contribution in [2.75, 3.05) is 0 Å². The van der Waals surface area contributed by atoms with E-state index in [0.717, 1.165) is 10.3 Å². The van der Waals surface area contributed by atoms with Gasteiger partial charge < -0.3 is 0 Å². The molecule has 0 aliphatic rings. The van der Waals surface area contributed by atoms with E-state index < -0.39 is 0 Å². The lowest BCUT2D eigenvalue weighted by atomic mass is 10.0. The molecule has 2 unspecified atom stereocenters. The molecule has 13 heavy (non-hydrogen) atoms. The third-order valence-corrected chi connectivity index (χ3v) is 4.72. The Labute approximate surface area is 97.4 Å². The van der Waals surface area contributed by atoms with E-state index in [2.05, 4.69) is 35.8 Å². The molecule has 2 atom stereocenters. The van der Waals surface area contributed by atoms with Crippen molar-refractivity contribution < 1.29 is 0 Å². The van der Waals surface area contributed by atoms with Crippen molar-refractivity contribution in [3.63, 3.8) is 0 Å². The molecule has 0 fully saturated rings. The minimum absolute atomic E-state index is 0.472. The van der Waals surface area contributed by atoms with E-state index in [4.69, 9.17) is 11.6 Å². The van der Waals surface area contributed by atoms with Gasteiger partial charge in [-0.1, -0.05) is 47.8 Å². The normalized spacial score (nSPS) is 15.7. The first kappa shape index (κ1) is 11.5. The third-order valence-electron chi connectivity index (χ3n) is 2.21. The fourth-order valence-electron chi connectivity index (χ4n) is 1.13. The Morgan fingerprint density at radius 3 is 2.69 bits per heavy atom. The number of rotatable bonds is 4. The Kier molecular flexibility index (Phi) is 4.77. The average Bonchev–Trinajstić information content (AvgIpc) is 2.51. The number of alkyl halides is 1. The highest BCUT2D eigenvalue weighted by atomic mass is 79.9. The SMILES string of the molecule is CCC(C)CC(Br)c1ccc(Cl)s1. The second-order valence-corrected chi connectivity index (χ2v) is 6.21. The average molecular weight is 282 g/mol. The van der Waals surface area contributed by atoms with E-state index in [1.165, 1.54) is 17.7 Å². The van der Waals surface area contributed by atoms with Crippen LogP contribution in [-0.4, -0.2) is 0 Å². The second-order valence-electron chi connectivity index (χ2n) is 3.36. The number of hydrogen-bond donors (Lipinski definition) is 0. The zero-order valence-corrected chi connectivity index (χ0v) is 11.0. The first-order valence-electron chi connectivity index (χ1n) is 4.52. The summed E-state index contributed by atoms with van der Waals surface area (Å²) in [6.07, 6.45) is 2.43.